The van der Waals surface area contributed by atoms with E-state index >= 15 is 0 Å². The maximum atomic E-state index is 13.2. The van der Waals surface area contributed by atoms with Crippen LogP contribution in [0.2, 0.25) is 5.02 Å². The van der Waals surface area contributed by atoms with Gasteiger partial charge in [0.25, 0.3) is 0 Å². The molecule has 2 aromatic carbocycles. The number of carbonyl (C=O) groups excluding carboxylic acids is 3. The van der Waals surface area contributed by atoms with Crippen molar-refractivity contribution in [3.05, 3.63) is 47.5 Å². The molecule has 1 aliphatic rings. The van der Waals surface area contributed by atoms with Gasteiger partial charge in [0, 0.05) is 43.4 Å². The predicted octanol–water partition coefficient (Wildman–Crippen LogP) is 6.48. The number of hydrogen-bond donors (Lipinski definition) is 1. The molecule has 3 amide bonds. The fraction of sp³-hybridized carbons (Fsp3) is 0.464. The van der Waals surface area contributed by atoms with E-state index in [0.717, 1.165) is 12.8 Å². The summed E-state index contributed by atoms with van der Waals surface area (Å²) in [4.78, 5) is 41.2. The lowest BCUT2D eigenvalue weighted by Crippen LogP contribution is -2.50. The van der Waals surface area contributed by atoms with Crippen molar-refractivity contribution < 1.29 is 37.0 Å². The summed E-state index contributed by atoms with van der Waals surface area (Å²) in [6.07, 6.45) is -3.41. The molecular weight excluding hydrogens is 551 g/mol. The summed E-state index contributed by atoms with van der Waals surface area (Å²) >= 11 is 6.40. The lowest BCUT2D eigenvalue weighted by atomic mass is 10.0. The number of piperidine rings is 1. The molecule has 12 heteroatoms. The highest BCUT2D eigenvalue weighted by molar-refractivity contribution is 6.33. The number of carbonyl (C=O) groups is 3. The van der Waals surface area contributed by atoms with Gasteiger partial charge in [-0.3, -0.25) is 9.59 Å². The standard InChI is InChI=1S/C28H33ClF3N3O5/c1-27(2,3)40-26(38)34(4)16-14-24(36)35-15-8-7-10-22(35)25(37)33-18-12-13-19(21(29)17-18)20-9-5-6-11-23(20)39-28(30,31)32/h5-6,9,11-13,17,22H,7-8,10,14-16H2,1-4H3,(H,33,37)/t22-/m1/s1. The van der Waals surface area contributed by atoms with Crippen molar-refractivity contribution >= 4 is 35.2 Å². The van der Waals surface area contributed by atoms with Gasteiger partial charge < -0.3 is 24.6 Å². The Hall–Kier alpha value is -3.47. The second-order valence-corrected chi connectivity index (χ2v) is 10.9. The van der Waals surface area contributed by atoms with Crippen LogP contribution in [0.5, 0.6) is 5.75 Å². The smallest absolute Gasteiger partial charge is 0.444 e. The van der Waals surface area contributed by atoms with E-state index in [4.69, 9.17) is 16.3 Å². The number of anilines is 1. The summed E-state index contributed by atoms with van der Waals surface area (Å²) in [6, 6.07) is 9.35. The summed E-state index contributed by atoms with van der Waals surface area (Å²) in [5.74, 6) is -1.06. The largest absolute Gasteiger partial charge is 0.573 e. The molecule has 40 heavy (non-hydrogen) atoms. The fourth-order valence-electron chi connectivity index (χ4n) is 4.28. The third kappa shape index (κ3) is 8.77. The molecule has 1 aliphatic heterocycles. The number of likely N-dealkylation sites (tertiary alicyclic amines) is 1. The molecule has 1 heterocycles. The van der Waals surface area contributed by atoms with Crippen LogP contribution in [0.1, 0.15) is 46.5 Å². The summed E-state index contributed by atoms with van der Waals surface area (Å²) in [5.41, 5.74) is 0.106. The first kappa shape index (κ1) is 31.1. The number of hydrogen-bond acceptors (Lipinski definition) is 5. The van der Waals surface area contributed by atoms with Crippen molar-refractivity contribution in [1.29, 1.82) is 0 Å². The Kier molecular flexibility index (Phi) is 9.94. The maximum Gasteiger partial charge on any atom is 0.573 e. The zero-order chi connectivity index (χ0) is 29.7. The number of nitrogens with one attached hydrogen (secondary N) is 1. The minimum absolute atomic E-state index is 0.0272. The lowest BCUT2D eigenvalue weighted by molar-refractivity contribution is -0.274. The Bertz CT molecular complexity index is 1230. The van der Waals surface area contributed by atoms with Crippen molar-refractivity contribution in [1.82, 2.24) is 9.80 Å². The summed E-state index contributed by atoms with van der Waals surface area (Å²) in [7, 11) is 1.54. The van der Waals surface area contributed by atoms with E-state index in [-0.39, 0.29) is 29.5 Å². The van der Waals surface area contributed by atoms with Gasteiger partial charge in [-0.05, 0) is 58.2 Å². The molecule has 0 saturated carbocycles. The molecule has 1 atom stereocenters. The van der Waals surface area contributed by atoms with E-state index in [2.05, 4.69) is 10.1 Å². The van der Waals surface area contributed by atoms with E-state index in [1.165, 1.54) is 46.2 Å². The number of amides is 3. The summed E-state index contributed by atoms with van der Waals surface area (Å²) in [6.45, 7) is 5.80. The van der Waals surface area contributed by atoms with E-state index in [1.54, 1.807) is 33.9 Å². The molecule has 0 aliphatic carbocycles. The Morgan fingerprint density at radius 2 is 1.77 bits per heavy atom. The predicted molar refractivity (Wildman–Crippen MR) is 145 cm³/mol. The summed E-state index contributed by atoms with van der Waals surface area (Å²) < 4.78 is 47.9. The Morgan fingerprint density at radius 1 is 1.07 bits per heavy atom. The third-order valence-corrected chi connectivity index (χ3v) is 6.44. The third-order valence-electron chi connectivity index (χ3n) is 6.13. The van der Waals surface area contributed by atoms with Crippen LogP contribution in [0.15, 0.2) is 42.5 Å². The quantitative estimate of drug-likeness (QED) is 0.403. The van der Waals surface area contributed by atoms with Crippen molar-refractivity contribution in [2.24, 2.45) is 0 Å². The van der Waals surface area contributed by atoms with Crippen molar-refractivity contribution in [3.63, 3.8) is 0 Å². The normalized spacial score (nSPS) is 15.8. The van der Waals surface area contributed by atoms with Crippen LogP contribution >= 0.6 is 11.6 Å². The van der Waals surface area contributed by atoms with Gasteiger partial charge in [-0.1, -0.05) is 35.9 Å². The van der Waals surface area contributed by atoms with Crippen LogP contribution in [0, 0.1) is 0 Å². The molecule has 1 saturated heterocycles. The van der Waals surface area contributed by atoms with Crippen LogP contribution in [-0.2, 0) is 14.3 Å². The molecule has 0 unspecified atom stereocenters. The molecule has 3 rings (SSSR count). The van der Waals surface area contributed by atoms with Crippen molar-refractivity contribution in [2.75, 3.05) is 25.5 Å². The molecule has 8 nitrogen and oxygen atoms in total. The van der Waals surface area contributed by atoms with Gasteiger partial charge >= 0.3 is 12.5 Å². The minimum atomic E-state index is -4.87. The molecule has 1 fully saturated rings. The van der Waals surface area contributed by atoms with E-state index in [1.807, 2.05) is 0 Å². The van der Waals surface area contributed by atoms with Gasteiger partial charge in [0.15, 0.2) is 0 Å². The number of alkyl halides is 3. The van der Waals surface area contributed by atoms with Crippen molar-refractivity contribution in [2.45, 2.75) is 64.5 Å². The number of benzene rings is 2. The highest BCUT2D eigenvalue weighted by Gasteiger charge is 2.34. The molecule has 0 aromatic heterocycles. The van der Waals surface area contributed by atoms with Crippen LogP contribution in [-0.4, -0.2) is 65.8 Å². The van der Waals surface area contributed by atoms with Gasteiger partial charge in [-0.2, -0.15) is 0 Å². The zero-order valence-electron chi connectivity index (χ0n) is 22.8. The highest BCUT2D eigenvalue weighted by atomic mass is 35.5. The number of ether oxygens (including phenoxy) is 2. The second-order valence-electron chi connectivity index (χ2n) is 10.5. The highest BCUT2D eigenvalue weighted by Crippen LogP contribution is 2.38. The molecule has 2 aromatic rings. The van der Waals surface area contributed by atoms with E-state index in [9.17, 15) is 27.6 Å². The molecule has 0 bridgehead atoms. The Balaban J connectivity index is 1.67. The number of halogens is 4. The zero-order valence-corrected chi connectivity index (χ0v) is 23.6. The topological polar surface area (TPSA) is 88.2 Å². The van der Waals surface area contributed by atoms with Crippen molar-refractivity contribution in [3.8, 4) is 16.9 Å². The van der Waals surface area contributed by atoms with Gasteiger partial charge in [0.05, 0.1) is 5.02 Å². The second kappa shape index (κ2) is 12.8. The van der Waals surface area contributed by atoms with Gasteiger partial charge in [-0.15, -0.1) is 13.2 Å². The first-order valence-electron chi connectivity index (χ1n) is 12.8. The number of nitrogens with zero attached hydrogens (tertiary/aromatic N) is 2. The lowest BCUT2D eigenvalue weighted by Gasteiger charge is -2.35. The first-order valence-corrected chi connectivity index (χ1v) is 13.2. The average Bonchev–Trinajstić information content (AvgIpc) is 2.85. The maximum absolute atomic E-state index is 13.2. The Morgan fingerprint density at radius 3 is 2.42 bits per heavy atom. The van der Waals surface area contributed by atoms with Crippen LogP contribution in [0.4, 0.5) is 23.7 Å². The average molecular weight is 584 g/mol. The van der Waals surface area contributed by atoms with E-state index < -0.39 is 35.8 Å². The first-order chi connectivity index (χ1) is 18.6. The van der Waals surface area contributed by atoms with Crippen LogP contribution in [0.25, 0.3) is 11.1 Å². The van der Waals surface area contributed by atoms with Gasteiger partial charge in [0.2, 0.25) is 11.8 Å². The Labute approximate surface area is 236 Å². The monoisotopic (exact) mass is 583 g/mol. The molecular formula is C28H33ClF3N3O5. The minimum Gasteiger partial charge on any atom is -0.444 e. The summed E-state index contributed by atoms with van der Waals surface area (Å²) in [5, 5.41) is 2.87. The van der Waals surface area contributed by atoms with E-state index in [0.29, 0.717) is 24.2 Å². The number of para-hydroxylation sites is 1. The molecule has 1 N–H and O–H groups in total. The fourth-order valence-corrected chi connectivity index (χ4v) is 4.56. The molecule has 0 spiro atoms. The van der Waals surface area contributed by atoms with Crippen LogP contribution < -0.4 is 10.1 Å². The molecule has 0 radical (unpaired) electrons. The molecule has 218 valence electrons. The van der Waals surface area contributed by atoms with Crippen LogP contribution in [0.3, 0.4) is 0 Å². The SMILES string of the molecule is CN(CCC(=O)N1CCCC[C@@H]1C(=O)Nc1ccc(-c2ccccc2OC(F)(F)F)c(Cl)c1)C(=O)OC(C)(C)C. The number of rotatable bonds is 7. The van der Waals surface area contributed by atoms with Gasteiger partial charge in [-0.25, -0.2) is 4.79 Å². The van der Waals surface area contributed by atoms with Gasteiger partial charge in [0.1, 0.15) is 17.4 Å².